The first kappa shape index (κ1) is 27.2. The molecule has 186 valence electrons. The first-order chi connectivity index (χ1) is 15.8. The van der Waals surface area contributed by atoms with Gasteiger partial charge >= 0.3 is 12.1 Å². The number of aliphatic hydroxyl groups excluding tert-OH is 1. The van der Waals surface area contributed by atoms with E-state index >= 15 is 0 Å². The predicted octanol–water partition coefficient (Wildman–Crippen LogP) is 5.54. The number of esters is 1. The molecule has 0 saturated heterocycles. The maximum Gasteiger partial charge on any atom is 0.417 e. The largest absolute Gasteiger partial charge is 0.496 e. The minimum Gasteiger partial charge on any atom is -0.496 e. The molecule has 0 radical (unpaired) electrons. The molecule has 2 N–H and O–H groups in total. The van der Waals surface area contributed by atoms with E-state index in [1.807, 2.05) is 69.3 Å². The van der Waals surface area contributed by atoms with Crippen molar-refractivity contribution in [1.82, 2.24) is 4.90 Å². The highest BCUT2D eigenvalue weighted by molar-refractivity contribution is 5.87. The second-order valence-electron chi connectivity index (χ2n) is 10.3. The third kappa shape index (κ3) is 7.76. The molecule has 7 heteroatoms. The molecular formula is C27H38N2O5. The number of carbonyl (C=O) groups is 2. The van der Waals surface area contributed by atoms with Crippen LogP contribution in [0.5, 0.6) is 5.75 Å². The number of aliphatic hydroxyl groups is 1. The van der Waals surface area contributed by atoms with Crippen LogP contribution in [0.1, 0.15) is 65.2 Å². The molecule has 0 heterocycles. The van der Waals surface area contributed by atoms with Crippen LogP contribution in [0, 0.1) is 5.41 Å². The Morgan fingerprint density at radius 2 is 1.71 bits per heavy atom. The lowest BCUT2D eigenvalue weighted by Gasteiger charge is -2.35. The van der Waals surface area contributed by atoms with Gasteiger partial charge in [-0.3, -0.25) is 4.79 Å². The van der Waals surface area contributed by atoms with Crippen LogP contribution in [0.4, 0.5) is 10.5 Å². The Labute approximate surface area is 203 Å². The number of para-hydroxylation sites is 1. The first-order valence-electron chi connectivity index (χ1n) is 11.5. The molecular weight excluding hydrogens is 432 g/mol. The number of nitrogens with zero attached hydrogens (tertiary/aromatic N) is 1. The molecule has 0 aliphatic carbocycles. The zero-order valence-electron chi connectivity index (χ0n) is 21.3. The Hall–Kier alpha value is -3.06. The van der Waals surface area contributed by atoms with Crippen LogP contribution in [0.2, 0.25) is 0 Å². The first-order valence-corrected chi connectivity index (χ1v) is 11.5. The zero-order valence-corrected chi connectivity index (χ0v) is 21.3. The number of anilines is 1. The topological polar surface area (TPSA) is 88.1 Å². The van der Waals surface area contributed by atoms with E-state index in [-0.39, 0.29) is 6.54 Å². The normalized spacial score (nSPS) is 12.6. The van der Waals surface area contributed by atoms with Crippen molar-refractivity contribution in [2.45, 2.75) is 66.2 Å². The van der Waals surface area contributed by atoms with E-state index in [4.69, 9.17) is 9.47 Å². The maximum atomic E-state index is 12.7. The van der Waals surface area contributed by atoms with E-state index in [0.717, 1.165) is 22.6 Å². The van der Waals surface area contributed by atoms with Gasteiger partial charge in [-0.2, -0.15) is 0 Å². The Balaban J connectivity index is 2.04. The van der Waals surface area contributed by atoms with E-state index < -0.39 is 29.1 Å². The second kappa shape index (κ2) is 11.4. The standard InChI is InChI=1S/C27H38N2O5/c1-26(2,3)24(31)34-25(32)29(27(4,5)6)16-15-22(30)19-12-10-13-21(17-19)28-18-20-11-8-9-14-23(20)33-7/h8-14,17,22,28,30H,15-16,18H2,1-7H3. The Morgan fingerprint density at radius 1 is 1.03 bits per heavy atom. The molecule has 0 fully saturated rings. The molecule has 2 aromatic rings. The molecule has 1 unspecified atom stereocenters. The second-order valence-corrected chi connectivity index (χ2v) is 10.3. The van der Waals surface area contributed by atoms with E-state index in [2.05, 4.69) is 5.32 Å². The van der Waals surface area contributed by atoms with Gasteiger partial charge < -0.3 is 24.8 Å². The summed E-state index contributed by atoms with van der Waals surface area (Å²) in [4.78, 5) is 26.4. The van der Waals surface area contributed by atoms with Crippen molar-refractivity contribution in [3.63, 3.8) is 0 Å². The van der Waals surface area contributed by atoms with Gasteiger partial charge in [0.25, 0.3) is 0 Å². The number of hydrogen-bond donors (Lipinski definition) is 2. The number of methoxy groups -OCH3 is 1. The van der Waals surface area contributed by atoms with E-state index in [1.54, 1.807) is 27.9 Å². The predicted molar refractivity (Wildman–Crippen MR) is 134 cm³/mol. The van der Waals surface area contributed by atoms with Crippen molar-refractivity contribution in [2.24, 2.45) is 5.41 Å². The number of hydrogen-bond acceptors (Lipinski definition) is 6. The highest BCUT2D eigenvalue weighted by Gasteiger charge is 2.33. The van der Waals surface area contributed by atoms with Crippen molar-refractivity contribution in [1.29, 1.82) is 0 Å². The molecule has 0 aliphatic rings. The Bertz CT molecular complexity index is 975. The summed E-state index contributed by atoms with van der Waals surface area (Å²) in [6, 6.07) is 15.3. The smallest absolute Gasteiger partial charge is 0.417 e. The van der Waals surface area contributed by atoms with Gasteiger partial charge in [-0.25, -0.2) is 4.79 Å². The highest BCUT2D eigenvalue weighted by Crippen LogP contribution is 2.25. The Morgan fingerprint density at radius 3 is 2.32 bits per heavy atom. The van der Waals surface area contributed by atoms with Gasteiger partial charge in [-0.15, -0.1) is 0 Å². The molecule has 0 saturated carbocycles. The summed E-state index contributed by atoms with van der Waals surface area (Å²) in [5, 5.41) is 14.2. The van der Waals surface area contributed by atoms with Crippen molar-refractivity contribution in [3.8, 4) is 5.75 Å². The molecule has 0 aromatic heterocycles. The molecule has 0 aliphatic heterocycles. The summed E-state index contributed by atoms with van der Waals surface area (Å²) in [6.45, 7) is 11.5. The third-order valence-corrected chi connectivity index (χ3v) is 5.40. The van der Waals surface area contributed by atoms with Crippen LogP contribution in [0.25, 0.3) is 0 Å². The number of nitrogens with one attached hydrogen (secondary N) is 1. The fourth-order valence-corrected chi connectivity index (χ4v) is 3.31. The van der Waals surface area contributed by atoms with Gasteiger partial charge in [0, 0.05) is 29.9 Å². The van der Waals surface area contributed by atoms with Gasteiger partial charge in [0.1, 0.15) is 5.75 Å². The van der Waals surface area contributed by atoms with Gasteiger partial charge in [0.2, 0.25) is 0 Å². The van der Waals surface area contributed by atoms with Crippen molar-refractivity contribution >= 4 is 17.7 Å². The van der Waals surface area contributed by atoms with Crippen molar-refractivity contribution in [3.05, 3.63) is 59.7 Å². The molecule has 34 heavy (non-hydrogen) atoms. The van der Waals surface area contributed by atoms with E-state index in [1.165, 1.54) is 4.90 Å². The van der Waals surface area contributed by atoms with Crippen molar-refractivity contribution < 1.29 is 24.2 Å². The monoisotopic (exact) mass is 470 g/mol. The lowest BCUT2D eigenvalue weighted by atomic mass is 9.97. The quantitative estimate of drug-likeness (QED) is 0.389. The summed E-state index contributed by atoms with van der Waals surface area (Å²) >= 11 is 0. The zero-order chi connectivity index (χ0) is 25.5. The summed E-state index contributed by atoms with van der Waals surface area (Å²) in [6.07, 6.45) is -1.19. The minimum atomic E-state index is -0.788. The number of carbonyl (C=O) groups excluding carboxylic acids is 2. The molecule has 0 spiro atoms. The summed E-state index contributed by atoms with van der Waals surface area (Å²) in [5.74, 6) is 0.228. The van der Waals surface area contributed by atoms with Gasteiger partial charge in [-0.1, -0.05) is 30.3 Å². The summed E-state index contributed by atoms with van der Waals surface area (Å²) in [5.41, 5.74) is 1.27. The van der Waals surface area contributed by atoms with Crippen LogP contribution < -0.4 is 10.1 Å². The minimum absolute atomic E-state index is 0.236. The fraction of sp³-hybridized carbons (Fsp3) is 0.481. The molecule has 0 bridgehead atoms. The van der Waals surface area contributed by atoms with Gasteiger partial charge in [0.05, 0.1) is 18.6 Å². The fourth-order valence-electron chi connectivity index (χ4n) is 3.31. The van der Waals surface area contributed by atoms with Gasteiger partial charge in [0.15, 0.2) is 0 Å². The SMILES string of the molecule is COc1ccccc1CNc1cccc(C(O)CCN(C(=O)OC(=O)C(C)(C)C)C(C)(C)C)c1. The third-order valence-electron chi connectivity index (χ3n) is 5.40. The van der Waals surface area contributed by atoms with Crippen LogP contribution in [0.3, 0.4) is 0 Å². The average Bonchev–Trinajstić information content (AvgIpc) is 2.76. The van der Waals surface area contributed by atoms with Crippen LogP contribution >= 0.6 is 0 Å². The van der Waals surface area contributed by atoms with Crippen molar-refractivity contribution in [2.75, 3.05) is 19.0 Å². The summed E-state index contributed by atoms with van der Waals surface area (Å²) in [7, 11) is 1.64. The number of benzene rings is 2. The molecule has 1 amide bonds. The van der Waals surface area contributed by atoms with E-state index in [0.29, 0.717) is 13.0 Å². The molecule has 1 atom stereocenters. The number of ether oxygens (including phenoxy) is 2. The van der Waals surface area contributed by atoms with Gasteiger partial charge in [-0.05, 0) is 71.7 Å². The molecule has 7 nitrogen and oxygen atoms in total. The van der Waals surface area contributed by atoms with Crippen LogP contribution in [-0.2, 0) is 16.1 Å². The average molecular weight is 471 g/mol. The lowest BCUT2D eigenvalue weighted by molar-refractivity contribution is -0.147. The lowest BCUT2D eigenvalue weighted by Crippen LogP contribution is -2.48. The number of rotatable bonds is 8. The maximum absolute atomic E-state index is 12.7. The number of amides is 1. The van der Waals surface area contributed by atoms with E-state index in [9.17, 15) is 14.7 Å². The molecule has 2 rings (SSSR count). The Kier molecular flexibility index (Phi) is 9.10. The highest BCUT2D eigenvalue weighted by atomic mass is 16.6. The van der Waals surface area contributed by atoms with Crippen LogP contribution in [-0.4, -0.2) is 41.3 Å². The summed E-state index contributed by atoms with van der Waals surface area (Å²) < 4.78 is 10.5. The molecule has 2 aromatic carbocycles. The van der Waals surface area contributed by atoms with Crippen LogP contribution in [0.15, 0.2) is 48.5 Å².